The molecule has 0 saturated carbocycles. The number of esters is 2. The molecule has 0 fully saturated rings. The summed E-state index contributed by atoms with van der Waals surface area (Å²) >= 11 is 0. The first kappa shape index (κ1) is 25.9. The van der Waals surface area contributed by atoms with E-state index >= 15 is 0 Å². The zero-order valence-electron chi connectivity index (χ0n) is 19.5. The Balaban J connectivity index is 0.000000257. The van der Waals surface area contributed by atoms with E-state index in [2.05, 4.69) is 14.8 Å². The molecule has 8 heteroatoms. The third-order valence-corrected chi connectivity index (χ3v) is 5.71. The van der Waals surface area contributed by atoms with Crippen molar-refractivity contribution in [1.82, 2.24) is 0 Å². The van der Waals surface area contributed by atoms with Crippen LogP contribution in [0.3, 0.4) is 0 Å². The molecule has 1 aromatic carbocycles. The van der Waals surface area contributed by atoms with Gasteiger partial charge in [0.1, 0.15) is 0 Å². The van der Waals surface area contributed by atoms with Crippen LogP contribution in [0, 0.1) is 12.8 Å². The van der Waals surface area contributed by atoms with E-state index in [1.54, 1.807) is 6.08 Å². The minimum absolute atomic E-state index is 0.136. The largest absolute Gasteiger partial charge is 0.466 e. The first-order valence-corrected chi connectivity index (χ1v) is 11.1. The van der Waals surface area contributed by atoms with Crippen LogP contribution < -0.4 is 0 Å². The van der Waals surface area contributed by atoms with Crippen LogP contribution >= 0.6 is 0 Å². The van der Waals surface area contributed by atoms with Gasteiger partial charge in [0.2, 0.25) is 0 Å². The summed E-state index contributed by atoms with van der Waals surface area (Å²) in [4.78, 5) is 37.6. The highest BCUT2D eigenvalue weighted by Gasteiger charge is 2.21. The molecular formula is C25H31N3O5. The van der Waals surface area contributed by atoms with Gasteiger partial charge >= 0.3 is 11.9 Å². The molecule has 2 atom stereocenters. The summed E-state index contributed by atoms with van der Waals surface area (Å²) < 4.78 is 9.32. The lowest BCUT2D eigenvalue weighted by Gasteiger charge is -2.19. The number of aryl methyl sites for hydroxylation is 1. The SMILES string of the molecule is COC(=O)C1=CC(CC(=O)c2ccc(C)cc2)CCC1.COC(=O)C1=CC(N=[N+]=[N-])CCC1. The number of carbonyl (C=O) groups is 3. The van der Waals surface area contributed by atoms with Crippen molar-refractivity contribution in [1.29, 1.82) is 0 Å². The van der Waals surface area contributed by atoms with E-state index in [1.807, 2.05) is 37.3 Å². The molecule has 2 aliphatic carbocycles. The Morgan fingerprint density at radius 1 is 0.970 bits per heavy atom. The monoisotopic (exact) mass is 453 g/mol. The molecule has 176 valence electrons. The molecule has 33 heavy (non-hydrogen) atoms. The number of azide groups is 1. The summed E-state index contributed by atoms with van der Waals surface area (Å²) in [5.41, 5.74) is 11.4. The first-order chi connectivity index (χ1) is 15.9. The van der Waals surface area contributed by atoms with Crippen LogP contribution in [0.4, 0.5) is 0 Å². The molecular weight excluding hydrogens is 422 g/mol. The van der Waals surface area contributed by atoms with Crippen molar-refractivity contribution in [3.63, 3.8) is 0 Å². The highest BCUT2D eigenvalue weighted by Crippen LogP contribution is 2.27. The molecule has 3 rings (SSSR count). The molecule has 8 nitrogen and oxygen atoms in total. The van der Waals surface area contributed by atoms with Crippen LogP contribution in [-0.4, -0.2) is 38.0 Å². The van der Waals surface area contributed by atoms with Gasteiger partial charge in [0.25, 0.3) is 0 Å². The minimum atomic E-state index is -0.321. The van der Waals surface area contributed by atoms with E-state index in [1.165, 1.54) is 14.2 Å². The van der Waals surface area contributed by atoms with Gasteiger partial charge in [0.05, 0.1) is 20.3 Å². The molecule has 0 spiro atoms. The predicted octanol–water partition coefficient (Wildman–Crippen LogP) is 5.42. The minimum Gasteiger partial charge on any atom is -0.466 e. The summed E-state index contributed by atoms with van der Waals surface area (Å²) in [6.45, 7) is 2.00. The normalized spacial score (nSPS) is 19.5. The van der Waals surface area contributed by atoms with Crippen LogP contribution in [0.1, 0.15) is 60.9 Å². The number of Topliss-reactive ketones (excluding diaryl/α,β-unsaturated/α-hetero) is 1. The molecule has 2 unspecified atom stereocenters. The second kappa shape index (κ2) is 13.2. The Bertz CT molecular complexity index is 959. The molecule has 2 aliphatic rings. The zero-order valence-corrected chi connectivity index (χ0v) is 19.5. The van der Waals surface area contributed by atoms with Gasteiger partial charge in [0, 0.05) is 28.0 Å². The van der Waals surface area contributed by atoms with Crippen molar-refractivity contribution in [2.75, 3.05) is 14.2 Å². The quantitative estimate of drug-likeness (QED) is 0.187. The van der Waals surface area contributed by atoms with Gasteiger partial charge in [-0.15, -0.1) is 0 Å². The van der Waals surface area contributed by atoms with Crippen molar-refractivity contribution in [3.05, 3.63) is 69.1 Å². The van der Waals surface area contributed by atoms with Crippen LogP contribution in [0.5, 0.6) is 0 Å². The third kappa shape index (κ3) is 8.24. The van der Waals surface area contributed by atoms with E-state index in [0.29, 0.717) is 24.0 Å². The summed E-state index contributed by atoms with van der Waals surface area (Å²) in [5.74, 6) is -0.306. The Kier molecular flexibility index (Phi) is 10.4. The van der Waals surface area contributed by atoms with E-state index in [0.717, 1.165) is 43.2 Å². The smallest absolute Gasteiger partial charge is 0.333 e. The Morgan fingerprint density at radius 3 is 2.12 bits per heavy atom. The van der Waals surface area contributed by atoms with Gasteiger partial charge < -0.3 is 9.47 Å². The second-order valence-electron chi connectivity index (χ2n) is 8.18. The van der Waals surface area contributed by atoms with Crippen LogP contribution in [0.25, 0.3) is 10.4 Å². The number of methoxy groups -OCH3 is 2. The van der Waals surface area contributed by atoms with Gasteiger partial charge in [-0.1, -0.05) is 47.1 Å². The maximum absolute atomic E-state index is 12.2. The number of carbonyl (C=O) groups excluding carboxylic acids is 3. The lowest BCUT2D eigenvalue weighted by Crippen LogP contribution is -2.15. The molecule has 0 N–H and O–H groups in total. The fourth-order valence-electron chi connectivity index (χ4n) is 3.92. The van der Waals surface area contributed by atoms with Crippen LogP contribution in [0.15, 0.2) is 52.7 Å². The Morgan fingerprint density at radius 2 is 1.55 bits per heavy atom. The zero-order chi connectivity index (χ0) is 24.2. The predicted molar refractivity (Wildman–Crippen MR) is 124 cm³/mol. The average Bonchev–Trinajstić information content (AvgIpc) is 2.84. The average molecular weight is 454 g/mol. The highest BCUT2D eigenvalue weighted by atomic mass is 16.5. The topological polar surface area (TPSA) is 118 Å². The molecule has 0 saturated heterocycles. The van der Waals surface area contributed by atoms with Gasteiger partial charge in [0.15, 0.2) is 5.78 Å². The molecule has 0 bridgehead atoms. The standard InChI is InChI=1S/C17H20O3.C8H11N3O2/c1-12-6-8-14(9-7-12)16(18)11-13-4-3-5-15(10-13)17(19)20-2;1-13-8(12)6-3-2-4-7(5-6)10-11-9/h6-10,13H,3-5,11H2,1-2H3;5,7H,2-4H2,1H3. The lowest BCUT2D eigenvalue weighted by molar-refractivity contribution is -0.137. The fourth-order valence-corrected chi connectivity index (χ4v) is 3.92. The molecule has 0 heterocycles. The van der Waals surface area contributed by atoms with Gasteiger partial charge in [-0.3, -0.25) is 4.79 Å². The number of hydrogen-bond acceptors (Lipinski definition) is 6. The molecule has 0 amide bonds. The number of hydrogen-bond donors (Lipinski definition) is 0. The molecule has 0 aliphatic heterocycles. The molecule has 0 aromatic heterocycles. The van der Waals surface area contributed by atoms with E-state index in [-0.39, 0.29) is 29.7 Å². The number of ether oxygens (including phenoxy) is 2. The fraction of sp³-hybridized carbons (Fsp3) is 0.480. The summed E-state index contributed by atoms with van der Waals surface area (Å²) in [6, 6.07) is 7.44. The number of rotatable bonds is 6. The number of ketones is 1. The van der Waals surface area contributed by atoms with Crippen LogP contribution in [0.2, 0.25) is 0 Å². The van der Waals surface area contributed by atoms with Crippen molar-refractivity contribution >= 4 is 17.7 Å². The van der Waals surface area contributed by atoms with Crippen molar-refractivity contribution < 1.29 is 23.9 Å². The maximum atomic E-state index is 12.2. The molecule has 0 radical (unpaired) electrons. The number of nitrogens with zero attached hydrogens (tertiary/aromatic N) is 3. The maximum Gasteiger partial charge on any atom is 0.333 e. The van der Waals surface area contributed by atoms with Crippen molar-refractivity contribution in [2.24, 2.45) is 11.0 Å². The van der Waals surface area contributed by atoms with Crippen molar-refractivity contribution in [3.8, 4) is 0 Å². The first-order valence-electron chi connectivity index (χ1n) is 11.1. The second-order valence-corrected chi connectivity index (χ2v) is 8.18. The highest BCUT2D eigenvalue weighted by molar-refractivity contribution is 5.96. The molecule has 1 aromatic rings. The van der Waals surface area contributed by atoms with E-state index < -0.39 is 0 Å². The summed E-state index contributed by atoms with van der Waals surface area (Å²) in [7, 11) is 2.74. The van der Waals surface area contributed by atoms with E-state index in [9.17, 15) is 14.4 Å². The summed E-state index contributed by atoms with van der Waals surface area (Å²) in [6.07, 6.45) is 9.10. The summed E-state index contributed by atoms with van der Waals surface area (Å²) in [5, 5.41) is 3.55. The van der Waals surface area contributed by atoms with Gasteiger partial charge in [-0.05, 0) is 56.9 Å². The van der Waals surface area contributed by atoms with Gasteiger partial charge in [-0.25, -0.2) is 9.59 Å². The van der Waals surface area contributed by atoms with E-state index in [4.69, 9.17) is 10.3 Å². The number of allylic oxidation sites excluding steroid dienone is 1. The Labute approximate surface area is 194 Å². The third-order valence-electron chi connectivity index (χ3n) is 5.71. The lowest BCUT2D eigenvalue weighted by atomic mass is 9.86. The van der Waals surface area contributed by atoms with Crippen molar-refractivity contribution in [2.45, 2.75) is 57.9 Å². The number of benzene rings is 1. The van der Waals surface area contributed by atoms with Gasteiger partial charge in [-0.2, -0.15) is 0 Å². The Hall–Kier alpha value is -3.38. The van der Waals surface area contributed by atoms with Crippen LogP contribution in [-0.2, 0) is 19.1 Å².